The van der Waals surface area contributed by atoms with Gasteiger partial charge in [0.15, 0.2) is 0 Å². The lowest BCUT2D eigenvalue weighted by molar-refractivity contribution is 0.541. The van der Waals surface area contributed by atoms with E-state index in [1.54, 1.807) is 0 Å². The van der Waals surface area contributed by atoms with Gasteiger partial charge in [-0.1, -0.05) is 23.4 Å². The molecule has 0 aliphatic rings. The van der Waals surface area contributed by atoms with E-state index in [0.29, 0.717) is 0 Å². The normalized spacial score (nSPS) is 11.6. The van der Waals surface area contributed by atoms with Crippen LogP contribution in [0.4, 0.5) is 5.13 Å². The molecular formula is C9H13N5S. The molecule has 0 bridgehead atoms. The van der Waals surface area contributed by atoms with Crippen LogP contribution in [0, 0.1) is 0 Å². The van der Waals surface area contributed by atoms with Crippen molar-refractivity contribution in [3.8, 4) is 0 Å². The van der Waals surface area contributed by atoms with Crippen molar-refractivity contribution in [2.45, 2.75) is 19.3 Å². The lowest BCUT2D eigenvalue weighted by Gasteiger charge is -2.23. The van der Waals surface area contributed by atoms with E-state index in [2.05, 4.69) is 45.0 Å². The molecule has 0 fully saturated rings. The van der Waals surface area contributed by atoms with E-state index in [4.69, 9.17) is 0 Å². The first-order valence-electron chi connectivity index (χ1n) is 4.71. The molecule has 0 radical (unpaired) electrons. The molecule has 0 aromatic carbocycles. The molecule has 5 nitrogen and oxygen atoms in total. The second-order valence-electron chi connectivity index (χ2n) is 3.99. The molecule has 0 saturated heterocycles. The molecule has 0 saturated carbocycles. The number of nitrogens with one attached hydrogen (secondary N) is 2. The fourth-order valence-electron chi connectivity index (χ4n) is 1.34. The van der Waals surface area contributed by atoms with Gasteiger partial charge < -0.3 is 10.3 Å². The summed E-state index contributed by atoms with van der Waals surface area (Å²) < 4.78 is 3.70. The zero-order chi connectivity index (χ0) is 10.7. The maximum atomic E-state index is 3.84. The Balaban J connectivity index is 1.99. The summed E-state index contributed by atoms with van der Waals surface area (Å²) in [7, 11) is 0. The van der Waals surface area contributed by atoms with Crippen LogP contribution in [0.15, 0.2) is 18.3 Å². The van der Waals surface area contributed by atoms with Crippen molar-refractivity contribution >= 4 is 16.7 Å². The summed E-state index contributed by atoms with van der Waals surface area (Å²) in [6, 6.07) is 4.09. The Morgan fingerprint density at radius 3 is 3.00 bits per heavy atom. The number of nitrogens with zero attached hydrogens (tertiary/aromatic N) is 3. The van der Waals surface area contributed by atoms with E-state index in [9.17, 15) is 0 Å². The molecule has 0 unspecified atom stereocenters. The molecular weight excluding hydrogens is 210 g/mol. The molecule has 0 atom stereocenters. The second-order valence-corrected chi connectivity index (χ2v) is 4.72. The van der Waals surface area contributed by atoms with Crippen molar-refractivity contribution < 1.29 is 0 Å². The third-order valence-corrected chi connectivity index (χ3v) is 2.86. The highest BCUT2D eigenvalue weighted by Crippen LogP contribution is 2.21. The maximum Gasteiger partial charge on any atom is 0.225 e. The van der Waals surface area contributed by atoms with Crippen LogP contribution in [0.3, 0.4) is 0 Å². The summed E-state index contributed by atoms with van der Waals surface area (Å²) in [6.45, 7) is 5.13. The average Bonchev–Trinajstić information content (AvgIpc) is 2.88. The summed E-state index contributed by atoms with van der Waals surface area (Å²) in [5.74, 6) is 0. The molecule has 0 spiro atoms. The highest BCUT2D eigenvalue weighted by molar-refractivity contribution is 7.09. The van der Waals surface area contributed by atoms with Crippen molar-refractivity contribution in [2.75, 3.05) is 11.9 Å². The number of rotatable bonds is 4. The SMILES string of the molecule is CC(C)(CNc1nnns1)c1ccc[nH]1. The Hall–Kier alpha value is -1.43. The van der Waals surface area contributed by atoms with Crippen LogP contribution in [0.2, 0.25) is 0 Å². The van der Waals surface area contributed by atoms with Crippen molar-refractivity contribution in [1.29, 1.82) is 0 Å². The van der Waals surface area contributed by atoms with Gasteiger partial charge in [0, 0.05) is 35.4 Å². The van der Waals surface area contributed by atoms with Gasteiger partial charge in [0.05, 0.1) is 0 Å². The van der Waals surface area contributed by atoms with Crippen LogP contribution < -0.4 is 5.32 Å². The largest absolute Gasteiger partial charge is 0.364 e. The summed E-state index contributed by atoms with van der Waals surface area (Å²) in [4.78, 5) is 3.22. The molecule has 6 heteroatoms. The summed E-state index contributed by atoms with van der Waals surface area (Å²) in [5.41, 5.74) is 1.24. The van der Waals surface area contributed by atoms with Crippen LogP contribution in [-0.4, -0.2) is 26.3 Å². The standard InChI is InChI=1S/C9H13N5S/c1-9(2,7-4-3-5-10-7)6-11-8-12-13-14-15-8/h3-5,10H,6H2,1-2H3,(H,11,12,14). The minimum absolute atomic E-state index is 0.0369. The molecule has 2 N–H and O–H groups in total. The third-order valence-electron chi connectivity index (χ3n) is 2.31. The van der Waals surface area contributed by atoms with Crippen LogP contribution in [0.1, 0.15) is 19.5 Å². The Labute approximate surface area is 92.1 Å². The van der Waals surface area contributed by atoms with Gasteiger partial charge >= 0.3 is 0 Å². The number of hydrogen-bond donors (Lipinski definition) is 2. The highest BCUT2D eigenvalue weighted by atomic mass is 32.1. The molecule has 2 rings (SSSR count). The number of aromatic nitrogens is 4. The topological polar surface area (TPSA) is 66.5 Å². The summed E-state index contributed by atoms with van der Waals surface area (Å²) in [6.07, 6.45) is 1.93. The van der Waals surface area contributed by atoms with E-state index in [0.717, 1.165) is 11.7 Å². The fourth-order valence-corrected chi connectivity index (χ4v) is 1.70. The van der Waals surface area contributed by atoms with Gasteiger partial charge in [0.1, 0.15) is 0 Å². The number of hydrogen-bond acceptors (Lipinski definition) is 5. The summed E-state index contributed by atoms with van der Waals surface area (Å²) in [5, 5.41) is 11.3. The average molecular weight is 223 g/mol. The smallest absolute Gasteiger partial charge is 0.225 e. The molecule has 0 aliphatic heterocycles. The van der Waals surface area contributed by atoms with Gasteiger partial charge in [-0.25, -0.2) is 0 Å². The van der Waals surface area contributed by atoms with Gasteiger partial charge in [0.2, 0.25) is 5.13 Å². The Kier molecular flexibility index (Phi) is 2.68. The lowest BCUT2D eigenvalue weighted by Crippen LogP contribution is -2.27. The van der Waals surface area contributed by atoms with E-state index in [-0.39, 0.29) is 5.41 Å². The highest BCUT2D eigenvalue weighted by Gasteiger charge is 2.21. The molecule has 2 aromatic heterocycles. The third kappa shape index (κ3) is 2.33. The lowest BCUT2D eigenvalue weighted by atomic mass is 9.89. The predicted octanol–water partition coefficient (Wildman–Crippen LogP) is 1.65. The zero-order valence-corrected chi connectivity index (χ0v) is 9.51. The fraction of sp³-hybridized carbons (Fsp3) is 0.444. The van der Waals surface area contributed by atoms with Crippen molar-refractivity contribution in [3.63, 3.8) is 0 Å². The zero-order valence-electron chi connectivity index (χ0n) is 8.69. The monoisotopic (exact) mass is 223 g/mol. The number of H-pyrrole nitrogens is 1. The molecule has 80 valence electrons. The van der Waals surface area contributed by atoms with Crippen LogP contribution >= 0.6 is 11.5 Å². The van der Waals surface area contributed by atoms with Gasteiger partial charge in [0.25, 0.3) is 0 Å². The predicted molar refractivity (Wildman–Crippen MR) is 60.0 cm³/mol. The van der Waals surface area contributed by atoms with Crippen molar-refractivity contribution in [2.24, 2.45) is 0 Å². The second kappa shape index (κ2) is 3.98. The van der Waals surface area contributed by atoms with E-state index < -0.39 is 0 Å². The van der Waals surface area contributed by atoms with Gasteiger partial charge in [-0.05, 0) is 17.3 Å². The first kappa shape index (κ1) is 10.1. The molecule has 0 aliphatic carbocycles. The van der Waals surface area contributed by atoms with Crippen LogP contribution in [0.25, 0.3) is 0 Å². The Bertz CT molecular complexity index is 392. The molecule has 2 heterocycles. The molecule has 15 heavy (non-hydrogen) atoms. The first-order valence-corrected chi connectivity index (χ1v) is 5.48. The van der Waals surface area contributed by atoms with Crippen molar-refractivity contribution in [3.05, 3.63) is 24.0 Å². The Morgan fingerprint density at radius 1 is 1.53 bits per heavy atom. The van der Waals surface area contributed by atoms with Crippen LogP contribution in [0.5, 0.6) is 0 Å². The number of anilines is 1. The Morgan fingerprint density at radius 2 is 2.40 bits per heavy atom. The minimum atomic E-state index is 0.0369. The van der Waals surface area contributed by atoms with Crippen LogP contribution in [-0.2, 0) is 5.41 Å². The van der Waals surface area contributed by atoms with Gasteiger partial charge in [-0.3, -0.25) is 0 Å². The molecule has 2 aromatic rings. The minimum Gasteiger partial charge on any atom is -0.364 e. The van der Waals surface area contributed by atoms with E-state index in [1.165, 1.54) is 17.2 Å². The first-order chi connectivity index (χ1) is 7.18. The quantitative estimate of drug-likeness (QED) is 0.827. The van der Waals surface area contributed by atoms with Gasteiger partial charge in [-0.2, -0.15) is 0 Å². The van der Waals surface area contributed by atoms with Crippen molar-refractivity contribution in [1.82, 2.24) is 19.8 Å². The number of aromatic amines is 1. The summed E-state index contributed by atoms with van der Waals surface area (Å²) >= 11 is 1.27. The maximum absolute atomic E-state index is 3.84. The molecule has 0 amide bonds. The van der Waals surface area contributed by atoms with E-state index in [1.807, 2.05) is 12.3 Å². The van der Waals surface area contributed by atoms with E-state index >= 15 is 0 Å². The van der Waals surface area contributed by atoms with Gasteiger partial charge in [-0.15, -0.1) is 0 Å².